The second-order valence-corrected chi connectivity index (χ2v) is 4.42. The molecule has 0 aromatic carbocycles. The predicted molar refractivity (Wildman–Crippen MR) is 65.7 cm³/mol. The van der Waals surface area contributed by atoms with Crippen LogP contribution < -0.4 is 10.6 Å². The van der Waals surface area contributed by atoms with Gasteiger partial charge in [-0.1, -0.05) is 0 Å². The molecule has 1 fully saturated rings. The maximum Gasteiger partial charge on any atom is 0.227 e. The highest BCUT2D eigenvalue weighted by Crippen LogP contribution is 2.26. The first-order valence-electron chi connectivity index (χ1n) is 5.68. The van der Waals surface area contributed by atoms with Crippen LogP contribution in [0, 0.1) is 5.92 Å². The van der Waals surface area contributed by atoms with Crippen molar-refractivity contribution in [3.63, 3.8) is 0 Å². The number of hydrogen-bond acceptors (Lipinski definition) is 3. The lowest BCUT2D eigenvalue weighted by Gasteiger charge is -2.15. The average Bonchev–Trinajstić information content (AvgIpc) is 2.93. The molecule has 3 N–H and O–H groups in total. The number of nitrogens with one attached hydrogen (secondary N) is 1. The summed E-state index contributed by atoms with van der Waals surface area (Å²) in [6, 6.07) is 3.76. The first-order chi connectivity index (χ1) is 8.65. The molecule has 0 saturated carbocycles. The SMILES string of the molecule is NC(=O)C1CC(=O)N(c2cnc3[nH]ccc3c2)C1. The highest BCUT2D eigenvalue weighted by molar-refractivity contribution is 6.00. The van der Waals surface area contributed by atoms with Crippen molar-refractivity contribution in [1.29, 1.82) is 0 Å². The molecule has 92 valence electrons. The molecule has 1 saturated heterocycles. The van der Waals surface area contributed by atoms with E-state index in [1.165, 1.54) is 0 Å². The molecule has 1 atom stereocenters. The van der Waals surface area contributed by atoms with E-state index in [1.807, 2.05) is 12.1 Å². The monoisotopic (exact) mass is 244 g/mol. The number of anilines is 1. The number of amides is 2. The Balaban J connectivity index is 1.94. The summed E-state index contributed by atoms with van der Waals surface area (Å²) in [5, 5.41) is 0.933. The van der Waals surface area contributed by atoms with Crippen LogP contribution in [0.5, 0.6) is 0 Å². The van der Waals surface area contributed by atoms with Gasteiger partial charge in [-0.2, -0.15) is 0 Å². The molecule has 2 amide bonds. The number of nitrogens with zero attached hydrogens (tertiary/aromatic N) is 2. The van der Waals surface area contributed by atoms with Gasteiger partial charge < -0.3 is 15.6 Å². The van der Waals surface area contributed by atoms with E-state index < -0.39 is 11.8 Å². The van der Waals surface area contributed by atoms with Gasteiger partial charge in [-0.25, -0.2) is 4.98 Å². The van der Waals surface area contributed by atoms with Crippen molar-refractivity contribution in [2.24, 2.45) is 11.7 Å². The zero-order valence-electron chi connectivity index (χ0n) is 9.59. The molecule has 6 heteroatoms. The van der Waals surface area contributed by atoms with E-state index in [0.717, 1.165) is 11.0 Å². The summed E-state index contributed by atoms with van der Waals surface area (Å²) >= 11 is 0. The topological polar surface area (TPSA) is 92.1 Å². The van der Waals surface area contributed by atoms with Crippen LogP contribution in [-0.2, 0) is 9.59 Å². The Morgan fingerprint density at radius 2 is 2.39 bits per heavy atom. The molecule has 1 aliphatic rings. The molecule has 2 aromatic rings. The van der Waals surface area contributed by atoms with E-state index >= 15 is 0 Å². The zero-order chi connectivity index (χ0) is 12.7. The normalized spacial score (nSPS) is 19.7. The number of H-pyrrole nitrogens is 1. The maximum absolute atomic E-state index is 11.8. The first-order valence-corrected chi connectivity index (χ1v) is 5.68. The van der Waals surface area contributed by atoms with Crippen LogP contribution in [-0.4, -0.2) is 28.3 Å². The molecule has 0 radical (unpaired) electrons. The first kappa shape index (κ1) is 10.8. The highest BCUT2D eigenvalue weighted by atomic mass is 16.2. The van der Waals surface area contributed by atoms with Gasteiger partial charge in [0.25, 0.3) is 0 Å². The van der Waals surface area contributed by atoms with Gasteiger partial charge >= 0.3 is 0 Å². The quantitative estimate of drug-likeness (QED) is 0.801. The standard InChI is InChI=1S/C12H12N4O2/c13-11(18)8-4-10(17)16(6-8)9-3-7-1-2-14-12(7)15-5-9/h1-3,5,8H,4,6H2,(H2,13,18)(H,14,15). The zero-order valence-corrected chi connectivity index (χ0v) is 9.59. The number of carbonyl (C=O) groups excluding carboxylic acids is 2. The van der Waals surface area contributed by atoms with Crippen molar-refractivity contribution in [3.8, 4) is 0 Å². The van der Waals surface area contributed by atoms with Gasteiger partial charge in [0.15, 0.2) is 0 Å². The van der Waals surface area contributed by atoms with Gasteiger partial charge in [-0.05, 0) is 12.1 Å². The van der Waals surface area contributed by atoms with Gasteiger partial charge in [0.05, 0.1) is 17.8 Å². The number of primary amides is 1. The molecule has 18 heavy (non-hydrogen) atoms. The van der Waals surface area contributed by atoms with Crippen molar-refractivity contribution in [3.05, 3.63) is 24.5 Å². The average molecular weight is 244 g/mol. The Bertz CT molecular complexity index is 634. The largest absolute Gasteiger partial charge is 0.369 e. The number of aromatic nitrogens is 2. The summed E-state index contributed by atoms with van der Waals surface area (Å²) in [5.41, 5.74) is 6.72. The fraction of sp³-hybridized carbons (Fsp3) is 0.250. The van der Waals surface area contributed by atoms with Gasteiger partial charge in [0.2, 0.25) is 11.8 Å². The van der Waals surface area contributed by atoms with E-state index in [2.05, 4.69) is 9.97 Å². The molecule has 3 heterocycles. The summed E-state index contributed by atoms with van der Waals surface area (Å²) in [7, 11) is 0. The van der Waals surface area contributed by atoms with Crippen LogP contribution in [0.4, 0.5) is 5.69 Å². The van der Waals surface area contributed by atoms with E-state index in [4.69, 9.17) is 5.73 Å². The van der Waals surface area contributed by atoms with Crippen LogP contribution in [0.15, 0.2) is 24.5 Å². The third-order valence-electron chi connectivity index (χ3n) is 3.22. The summed E-state index contributed by atoms with van der Waals surface area (Å²) in [6.45, 7) is 0.339. The molecule has 0 spiro atoms. The number of carbonyl (C=O) groups is 2. The molecular weight excluding hydrogens is 232 g/mol. The van der Waals surface area contributed by atoms with Gasteiger partial charge in [0.1, 0.15) is 5.65 Å². The van der Waals surface area contributed by atoms with Crippen LogP contribution in [0.1, 0.15) is 6.42 Å². The second-order valence-electron chi connectivity index (χ2n) is 4.42. The van der Waals surface area contributed by atoms with E-state index in [1.54, 1.807) is 17.3 Å². The highest BCUT2D eigenvalue weighted by Gasteiger charge is 2.34. The minimum Gasteiger partial charge on any atom is -0.369 e. The molecular formula is C12H12N4O2. The van der Waals surface area contributed by atoms with Crippen LogP contribution in [0.25, 0.3) is 11.0 Å². The number of fused-ring (bicyclic) bond motifs is 1. The van der Waals surface area contributed by atoms with Gasteiger partial charge in [0, 0.05) is 24.5 Å². The van der Waals surface area contributed by atoms with Crippen molar-refractivity contribution in [2.75, 3.05) is 11.4 Å². The summed E-state index contributed by atoms with van der Waals surface area (Å²) < 4.78 is 0. The molecule has 6 nitrogen and oxygen atoms in total. The van der Waals surface area contributed by atoms with Crippen LogP contribution >= 0.6 is 0 Å². The fourth-order valence-electron chi connectivity index (χ4n) is 2.22. The molecule has 3 rings (SSSR count). The molecule has 1 unspecified atom stereocenters. The van der Waals surface area contributed by atoms with E-state index in [-0.39, 0.29) is 12.3 Å². The Labute approximate surface area is 103 Å². The Morgan fingerprint density at radius 3 is 3.11 bits per heavy atom. The predicted octanol–water partition coefficient (Wildman–Crippen LogP) is 0.401. The lowest BCUT2D eigenvalue weighted by atomic mass is 10.1. The minimum atomic E-state index is -0.429. The number of hydrogen-bond donors (Lipinski definition) is 2. The number of nitrogens with two attached hydrogens (primary N) is 1. The fourth-order valence-corrected chi connectivity index (χ4v) is 2.22. The van der Waals surface area contributed by atoms with Crippen molar-refractivity contribution in [1.82, 2.24) is 9.97 Å². The Kier molecular flexibility index (Phi) is 2.29. The lowest BCUT2D eigenvalue weighted by Crippen LogP contribution is -2.28. The van der Waals surface area contributed by atoms with Gasteiger partial charge in [-0.15, -0.1) is 0 Å². The van der Waals surface area contributed by atoms with Gasteiger partial charge in [-0.3, -0.25) is 9.59 Å². The van der Waals surface area contributed by atoms with Crippen molar-refractivity contribution >= 4 is 28.5 Å². The van der Waals surface area contributed by atoms with E-state index in [0.29, 0.717) is 12.2 Å². The number of rotatable bonds is 2. The third-order valence-corrected chi connectivity index (χ3v) is 3.22. The van der Waals surface area contributed by atoms with Crippen molar-refractivity contribution in [2.45, 2.75) is 6.42 Å². The Morgan fingerprint density at radius 1 is 1.56 bits per heavy atom. The summed E-state index contributed by atoms with van der Waals surface area (Å²) in [4.78, 5) is 31.7. The molecule has 2 aromatic heterocycles. The summed E-state index contributed by atoms with van der Waals surface area (Å²) in [5.74, 6) is -0.920. The number of aromatic amines is 1. The van der Waals surface area contributed by atoms with Crippen LogP contribution in [0.2, 0.25) is 0 Å². The second kappa shape index (κ2) is 3.83. The van der Waals surface area contributed by atoms with E-state index in [9.17, 15) is 9.59 Å². The molecule has 0 aliphatic carbocycles. The lowest BCUT2D eigenvalue weighted by molar-refractivity contribution is -0.123. The smallest absolute Gasteiger partial charge is 0.227 e. The number of pyridine rings is 1. The van der Waals surface area contributed by atoms with Crippen molar-refractivity contribution < 1.29 is 9.59 Å². The minimum absolute atomic E-state index is 0.0875. The van der Waals surface area contributed by atoms with Crippen LogP contribution in [0.3, 0.4) is 0 Å². The molecule has 0 bridgehead atoms. The molecule has 1 aliphatic heterocycles. The summed E-state index contributed by atoms with van der Waals surface area (Å²) in [6.07, 6.45) is 3.60. The Hall–Kier alpha value is -2.37. The third kappa shape index (κ3) is 1.62. The maximum atomic E-state index is 11.8.